The second-order valence-electron chi connectivity index (χ2n) is 8.08. The van der Waals surface area contributed by atoms with E-state index in [0.29, 0.717) is 5.57 Å². The lowest BCUT2D eigenvalue weighted by molar-refractivity contribution is 0.0225. The first-order chi connectivity index (χ1) is 13.7. The lowest BCUT2D eigenvalue weighted by Gasteiger charge is -2.45. The summed E-state index contributed by atoms with van der Waals surface area (Å²) >= 11 is 1.42. The molecule has 0 radical (unpaired) electrons. The molecule has 0 aromatic carbocycles. The highest BCUT2D eigenvalue weighted by Crippen LogP contribution is 2.55. The lowest BCUT2D eigenvalue weighted by atomic mass is 9.59. The Morgan fingerprint density at radius 2 is 2.03 bits per heavy atom. The number of allylic oxidation sites excluding steroid dienone is 2. The topological polar surface area (TPSA) is 127 Å². The Morgan fingerprint density at radius 1 is 1.34 bits per heavy atom. The number of nitrogens with two attached hydrogens (primary N) is 1. The Balaban J connectivity index is 2.14. The maximum atomic E-state index is 12.6. The van der Waals surface area contributed by atoms with Crippen molar-refractivity contribution < 1.29 is 9.53 Å². The molecule has 29 heavy (non-hydrogen) atoms. The fourth-order valence-corrected chi connectivity index (χ4v) is 4.89. The summed E-state index contributed by atoms with van der Waals surface area (Å²) in [6.07, 6.45) is 1.31. The van der Waals surface area contributed by atoms with E-state index in [1.54, 1.807) is 26.8 Å². The third-order valence-electron chi connectivity index (χ3n) is 5.17. The van der Waals surface area contributed by atoms with E-state index < -0.39 is 28.9 Å². The van der Waals surface area contributed by atoms with E-state index in [9.17, 15) is 20.6 Å². The van der Waals surface area contributed by atoms with Crippen molar-refractivity contribution in [2.45, 2.75) is 32.3 Å². The van der Waals surface area contributed by atoms with Gasteiger partial charge in [0.25, 0.3) is 0 Å². The van der Waals surface area contributed by atoms with Gasteiger partial charge in [-0.15, -0.1) is 11.3 Å². The van der Waals surface area contributed by atoms with Crippen molar-refractivity contribution in [2.75, 3.05) is 13.1 Å². The van der Waals surface area contributed by atoms with Crippen LogP contribution in [0.25, 0.3) is 0 Å². The van der Waals surface area contributed by atoms with Gasteiger partial charge in [-0.05, 0) is 37.8 Å². The van der Waals surface area contributed by atoms with Crippen molar-refractivity contribution in [1.82, 2.24) is 4.90 Å². The Morgan fingerprint density at radius 3 is 2.55 bits per heavy atom. The molecule has 1 amide bonds. The smallest absolute Gasteiger partial charge is 0.410 e. The van der Waals surface area contributed by atoms with Crippen molar-refractivity contribution in [3.8, 4) is 18.2 Å². The number of nitriles is 3. The number of ether oxygens (including phenoxy) is 1. The molecular formula is C21H21N5O2S. The molecule has 2 heterocycles. The third-order valence-corrected chi connectivity index (χ3v) is 6.12. The molecule has 2 atom stereocenters. The van der Waals surface area contributed by atoms with Crippen molar-refractivity contribution >= 4 is 17.4 Å². The standard InChI is InChI=1S/C21H21N5O2S/c1-20(2,3)28-19(27)26-7-6-13-14(9-22)18(25)21(11-23,12-24)17(15(13)10-26)16-5-4-8-29-16/h4-6,8,15,17H,7,10,25H2,1-3H3/t15-,17+/m0/s1. The van der Waals surface area contributed by atoms with Gasteiger partial charge in [-0.25, -0.2) is 4.79 Å². The molecule has 0 unspecified atom stereocenters. The van der Waals surface area contributed by atoms with Crippen LogP contribution in [0.1, 0.15) is 31.6 Å². The molecule has 1 aromatic heterocycles. The van der Waals surface area contributed by atoms with Gasteiger partial charge in [0.2, 0.25) is 0 Å². The molecule has 0 saturated carbocycles. The van der Waals surface area contributed by atoms with Crippen LogP contribution in [-0.2, 0) is 4.74 Å². The first-order valence-electron chi connectivity index (χ1n) is 9.13. The molecule has 8 heteroatoms. The van der Waals surface area contributed by atoms with Gasteiger partial charge < -0.3 is 15.4 Å². The molecular weight excluding hydrogens is 386 g/mol. The van der Waals surface area contributed by atoms with E-state index in [-0.39, 0.29) is 24.4 Å². The predicted molar refractivity (Wildman–Crippen MR) is 107 cm³/mol. The van der Waals surface area contributed by atoms with Crippen LogP contribution in [0.5, 0.6) is 0 Å². The second-order valence-corrected chi connectivity index (χ2v) is 9.06. The number of hydrogen-bond donors (Lipinski definition) is 1. The lowest BCUT2D eigenvalue weighted by Crippen LogP contribution is -2.49. The molecule has 1 aliphatic heterocycles. The first kappa shape index (κ1) is 20.5. The maximum absolute atomic E-state index is 12.6. The van der Waals surface area contributed by atoms with Crippen LogP contribution >= 0.6 is 11.3 Å². The monoisotopic (exact) mass is 407 g/mol. The highest BCUT2D eigenvalue weighted by Gasteiger charge is 2.55. The largest absolute Gasteiger partial charge is 0.444 e. The Labute approximate surface area is 173 Å². The van der Waals surface area contributed by atoms with Crippen molar-refractivity contribution in [3.63, 3.8) is 0 Å². The summed E-state index contributed by atoms with van der Waals surface area (Å²) in [4.78, 5) is 15.0. The molecule has 0 spiro atoms. The van der Waals surface area contributed by atoms with Crippen LogP contribution in [0.2, 0.25) is 0 Å². The fraction of sp³-hybridized carbons (Fsp3) is 0.429. The maximum Gasteiger partial charge on any atom is 0.410 e. The SMILES string of the molecule is CC(C)(C)OC(=O)N1CC=C2C(C#N)=C(N)C(C#N)(C#N)[C@@H](c3cccs3)[C@H]2C1. The first-order valence-corrected chi connectivity index (χ1v) is 10.0. The second kappa shape index (κ2) is 7.28. The zero-order valence-corrected chi connectivity index (χ0v) is 17.3. The molecule has 1 aliphatic carbocycles. The minimum absolute atomic E-state index is 0.0170. The number of amides is 1. The van der Waals surface area contributed by atoms with Gasteiger partial charge >= 0.3 is 6.09 Å². The van der Waals surface area contributed by atoms with Gasteiger partial charge in [0.1, 0.15) is 11.7 Å². The number of nitrogens with zero attached hydrogens (tertiary/aromatic N) is 4. The van der Waals surface area contributed by atoms with E-state index in [1.807, 2.05) is 17.5 Å². The molecule has 1 aromatic rings. The highest BCUT2D eigenvalue weighted by molar-refractivity contribution is 7.10. The number of carbonyl (C=O) groups excluding carboxylic acids is 1. The van der Waals surface area contributed by atoms with E-state index >= 15 is 0 Å². The van der Waals surface area contributed by atoms with Gasteiger partial charge in [-0.2, -0.15) is 15.8 Å². The molecule has 0 saturated heterocycles. The van der Waals surface area contributed by atoms with Crippen molar-refractivity contribution in [1.29, 1.82) is 15.8 Å². The Kier molecular flexibility index (Phi) is 5.13. The summed E-state index contributed by atoms with van der Waals surface area (Å²) in [5, 5.41) is 31.6. The average Bonchev–Trinajstić information content (AvgIpc) is 3.19. The molecule has 148 valence electrons. The van der Waals surface area contributed by atoms with Crippen molar-refractivity contribution in [3.05, 3.63) is 45.3 Å². The van der Waals surface area contributed by atoms with Gasteiger partial charge in [-0.1, -0.05) is 12.1 Å². The number of fused-ring (bicyclic) bond motifs is 1. The summed E-state index contributed by atoms with van der Waals surface area (Å²) in [5.41, 5.74) is 4.74. The normalized spacial score (nSPS) is 23.2. The average molecular weight is 407 g/mol. The van der Waals surface area contributed by atoms with Crippen LogP contribution in [-0.4, -0.2) is 29.7 Å². The minimum atomic E-state index is -1.69. The summed E-state index contributed by atoms with van der Waals surface area (Å²) in [7, 11) is 0. The van der Waals surface area contributed by atoms with Crippen LogP contribution in [0.15, 0.2) is 40.4 Å². The number of rotatable bonds is 1. The molecule has 0 fully saturated rings. The summed E-state index contributed by atoms with van der Waals surface area (Å²) in [6.45, 7) is 5.87. The van der Waals surface area contributed by atoms with Crippen LogP contribution < -0.4 is 5.73 Å². The number of carbonyl (C=O) groups is 1. The van der Waals surface area contributed by atoms with Gasteiger partial charge in [0.15, 0.2) is 5.41 Å². The van der Waals surface area contributed by atoms with Crippen molar-refractivity contribution in [2.24, 2.45) is 17.1 Å². The van der Waals surface area contributed by atoms with Gasteiger partial charge in [0, 0.05) is 29.8 Å². The molecule has 3 rings (SSSR count). The Bertz CT molecular complexity index is 997. The summed E-state index contributed by atoms with van der Waals surface area (Å²) in [6, 6.07) is 9.95. The minimum Gasteiger partial charge on any atom is -0.444 e. The number of hydrogen-bond acceptors (Lipinski definition) is 7. The van der Waals surface area contributed by atoms with E-state index in [0.717, 1.165) is 4.88 Å². The van der Waals surface area contributed by atoms with Crippen LogP contribution in [0.3, 0.4) is 0 Å². The zero-order valence-electron chi connectivity index (χ0n) is 16.5. The fourth-order valence-electron chi connectivity index (χ4n) is 3.93. The van der Waals surface area contributed by atoms with E-state index in [2.05, 4.69) is 18.2 Å². The van der Waals surface area contributed by atoms with Crippen LogP contribution in [0, 0.1) is 45.3 Å². The van der Waals surface area contributed by atoms with Gasteiger partial charge in [0.05, 0.1) is 23.4 Å². The number of thiophene rings is 1. The Hall–Kier alpha value is -3.28. The summed E-state index contributed by atoms with van der Waals surface area (Å²) < 4.78 is 5.49. The molecule has 2 N–H and O–H groups in total. The quantitative estimate of drug-likeness (QED) is 0.760. The van der Waals surface area contributed by atoms with Gasteiger partial charge in [-0.3, -0.25) is 0 Å². The zero-order chi connectivity index (χ0) is 21.4. The van der Waals surface area contributed by atoms with Crippen LogP contribution in [0.4, 0.5) is 4.79 Å². The third kappa shape index (κ3) is 3.35. The molecule has 2 aliphatic rings. The van der Waals surface area contributed by atoms with E-state index in [4.69, 9.17) is 10.5 Å². The molecule has 7 nitrogen and oxygen atoms in total. The summed E-state index contributed by atoms with van der Waals surface area (Å²) in [5.74, 6) is -1.01. The molecule has 0 bridgehead atoms. The predicted octanol–water partition coefficient (Wildman–Crippen LogP) is 3.41. The van der Waals surface area contributed by atoms with E-state index in [1.165, 1.54) is 16.2 Å². The highest BCUT2D eigenvalue weighted by atomic mass is 32.1.